The van der Waals surface area contributed by atoms with Gasteiger partial charge in [-0.2, -0.15) is 0 Å². The molecule has 1 amide bonds. The topological polar surface area (TPSA) is 84.9 Å². The molecule has 1 rings (SSSR count). The summed E-state index contributed by atoms with van der Waals surface area (Å²) in [7, 11) is 1.50. The lowest BCUT2D eigenvalue weighted by molar-refractivity contribution is -0.122. The minimum absolute atomic E-state index is 0.103. The van der Waals surface area contributed by atoms with Crippen molar-refractivity contribution in [3.8, 4) is 11.5 Å². The smallest absolute Gasteiger partial charge is 0.335 e. The van der Waals surface area contributed by atoms with Crippen LogP contribution < -0.4 is 14.8 Å². The Morgan fingerprint density at radius 1 is 1.28 bits per heavy atom. The Hall–Kier alpha value is -2.24. The van der Waals surface area contributed by atoms with Crippen molar-refractivity contribution >= 4 is 11.9 Å². The number of nitrogens with one attached hydrogen (secondary N) is 1. The van der Waals surface area contributed by atoms with Crippen LogP contribution in [0, 0.1) is 0 Å². The fourth-order valence-electron chi connectivity index (χ4n) is 1.24. The van der Waals surface area contributed by atoms with Gasteiger partial charge in [0.1, 0.15) is 0 Å². The number of carbonyl (C=O) groups is 2. The van der Waals surface area contributed by atoms with Gasteiger partial charge in [0.25, 0.3) is 5.91 Å². The molecule has 0 spiro atoms. The Balaban J connectivity index is 2.89. The summed E-state index contributed by atoms with van der Waals surface area (Å²) in [6, 6.07) is 4.23. The molecule has 1 aromatic carbocycles. The number of carboxylic acid groups (broad SMARTS) is 1. The highest BCUT2D eigenvalue weighted by Crippen LogP contribution is 2.28. The van der Waals surface area contributed by atoms with E-state index in [2.05, 4.69) is 5.32 Å². The van der Waals surface area contributed by atoms with E-state index in [1.807, 2.05) is 0 Å². The van der Waals surface area contributed by atoms with E-state index in [9.17, 15) is 9.59 Å². The second-order valence-electron chi connectivity index (χ2n) is 3.36. The molecule has 0 heterocycles. The van der Waals surface area contributed by atoms with E-state index in [1.54, 1.807) is 6.92 Å². The number of benzene rings is 1. The van der Waals surface area contributed by atoms with E-state index in [-0.39, 0.29) is 18.1 Å². The van der Waals surface area contributed by atoms with E-state index in [1.165, 1.54) is 25.2 Å². The maximum atomic E-state index is 11.1. The van der Waals surface area contributed by atoms with Gasteiger partial charge in [0.2, 0.25) is 0 Å². The Kier molecular flexibility index (Phi) is 4.98. The number of likely N-dealkylation sites (N-methyl/N-ethyl adjacent to an activating group) is 1. The Bertz CT molecular complexity index is 444. The van der Waals surface area contributed by atoms with Crippen LogP contribution >= 0.6 is 0 Å². The summed E-state index contributed by atoms with van der Waals surface area (Å²) in [4.78, 5) is 21.9. The average Bonchev–Trinajstić information content (AvgIpc) is 2.36. The number of carboxylic acids is 1. The Morgan fingerprint density at radius 2 is 2.00 bits per heavy atom. The molecule has 0 atom stereocenters. The first-order valence-corrected chi connectivity index (χ1v) is 5.42. The van der Waals surface area contributed by atoms with Crippen molar-refractivity contribution in [1.29, 1.82) is 0 Å². The molecule has 0 saturated heterocycles. The van der Waals surface area contributed by atoms with Gasteiger partial charge in [0.15, 0.2) is 18.1 Å². The molecule has 0 aliphatic carbocycles. The summed E-state index contributed by atoms with van der Waals surface area (Å²) in [6.07, 6.45) is 0. The van der Waals surface area contributed by atoms with Crippen molar-refractivity contribution in [2.75, 3.05) is 20.3 Å². The van der Waals surface area contributed by atoms with Gasteiger partial charge in [-0.3, -0.25) is 4.79 Å². The number of carbonyl (C=O) groups excluding carboxylic acids is 1. The van der Waals surface area contributed by atoms with E-state index in [4.69, 9.17) is 14.6 Å². The number of ether oxygens (including phenoxy) is 2. The van der Waals surface area contributed by atoms with Gasteiger partial charge in [-0.1, -0.05) is 0 Å². The fraction of sp³-hybridized carbons (Fsp3) is 0.333. The van der Waals surface area contributed by atoms with Gasteiger partial charge in [-0.25, -0.2) is 4.79 Å². The minimum Gasteiger partial charge on any atom is -0.490 e. The first-order valence-electron chi connectivity index (χ1n) is 5.42. The molecule has 6 heteroatoms. The van der Waals surface area contributed by atoms with Crippen LogP contribution in [0.5, 0.6) is 11.5 Å². The number of aromatic carboxylic acids is 1. The Morgan fingerprint density at radius 3 is 2.56 bits per heavy atom. The predicted molar refractivity (Wildman–Crippen MR) is 64.1 cm³/mol. The molecule has 0 aliphatic rings. The SMILES string of the molecule is CCOc1cc(C(=O)O)ccc1OCC(=O)NC. The molecule has 0 aliphatic heterocycles. The molecule has 6 nitrogen and oxygen atoms in total. The third kappa shape index (κ3) is 3.65. The standard InChI is InChI=1S/C12H15NO5/c1-3-17-10-6-8(12(15)16)4-5-9(10)18-7-11(14)13-2/h4-6H,3,7H2,1-2H3,(H,13,14)(H,15,16). The molecule has 0 unspecified atom stereocenters. The maximum absolute atomic E-state index is 11.1. The molecule has 0 aromatic heterocycles. The van der Waals surface area contributed by atoms with Gasteiger partial charge in [0, 0.05) is 7.05 Å². The summed E-state index contributed by atoms with van der Waals surface area (Å²) in [5.74, 6) is -0.680. The van der Waals surface area contributed by atoms with Crippen LogP contribution in [0.1, 0.15) is 17.3 Å². The maximum Gasteiger partial charge on any atom is 0.335 e. The zero-order valence-electron chi connectivity index (χ0n) is 10.2. The van der Waals surface area contributed by atoms with Crippen molar-refractivity contribution in [3.05, 3.63) is 23.8 Å². The third-order valence-corrected chi connectivity index (χ3v) is 2.13. The molecule has 98 valence electrons. The van der Waals surface area contributed by atoms with Crippen molar-refractivity contribution in [2.45, 2.75) is 6.92 Å². The molecule has 0 bridgehead atoms. The van der Waals surface area contributed by atoms with E-state index >= 15 is 0 Å². The first kappa shape index (κ1) is 13.8. The van der Waals surface area contributed by atoms with E-state index in [0.717, 1.165) is 0 Å². The van der Waals surface area contributed by atoms with Gasteiger partial charge in [-0.05, 0) is 25.1 Å². The van der Waals surface area contributed by atoms with Crippen molar-refractivity contribution < 1.29 is 24.2 Å². The van der Waals surface area contributed by atoms with Crippen molar-refractivity contribution in [1.82, 2.24) is 5.32 Å². The monoisotopic (exact) mass is 253 g/mol. The van der Waals surface area contributed by atoms with Gasteiger partial charge in [0.05, 0.1) is 12.2 Å². The summed E-state index contributed by atoms with van der Waals surface area (Å²) in [5, 5.41) is 11.3. The van der Waals surface area contributed by atoms with E-state index < -0.39 is 5.97 Å². The number of rotatable bonds is 6. The predicted octanol–water partition coefficient (Wildman–Crippen LogP) is 0.908. The zero-order chi connectivity index (χ0) is 13.5. The summed E-state index contributed by atoms with van der Waals surface area (Å²) >= 11 is 0. The minimum atomic E-state index is -1.05. The average molecular weight is 253 g/mol. The summed E-state index contributed by atoms with van der Waals surface area (Å²) in [5.41, 5.74) is 0.103. The molecular weight excluding hydrogens is 238 g/mol. The van der Waals surface area contributed by atoms with Crippen molar-refractivity contribution in [3.63, 3.8) is 0 Å². The Labute approximate surface area is 105 Å². The second kappa shape index (κ2) is 6.48. The van der Waals surface area contributed by atoms with Gasteiger partial charge in [-0.15, -0.1) is 0 Å². The second-order valence-corrected chi connectivity index (χ2v) is 3.36. The summed E-state index contributed by atoms with van der Waals surface area (Å²) in [6.45, 7) is 2.00. The van der Waals surface area contributed by atoms with Crippen LogP contribution in [0.2, 0.25) is 0 Å². The highest BCUT2D eigenvalue weighted by molar-refractivity contribution is 5.88. The summed E-state index contributed by atoms with van der Waals surface area (Å²) < 4.78 is 10.5. The van der Waals surface area contributed by atoms with Crippen molar-refractivity contribution in [2.24, 2.45) is 0 Å². The highest BCUT2D eigenvalue weighted by atomic mass is 16.5. The lowest BCUT2D eigenvalue weighted by Gasteiger charge is -2.11. The number of hydrogen-bond donors (Lipinski definition) is 2. The molecular formula is C12H15NO5. The van der Waals surface area contributed by atoms with Gasteiger partial charge < -0.3 is 19.9 Å². The first-order chi connectivity index (χ1) is 8.58. The lowest BCUT2D eigenvalue weighted by atomic mass is 10.2. The normalized spacial score (nSPS) is 9.67. The van der Waals surface area contributed by atoms with Crippen LogP contribution in [-0.4, -0.2) is 37.2 Å². The van der Waals surface area contributed by atoms with Crippen LogP contribution in [0.4, 0.5) is 0 Å². The number of amides is 1. The molecule has 0 radical (unpaired) electrons. The van der Waals surface area contributed by atoms with E-state index in [0.29, 0.717) is 18.1 Å². The fourth-order valence-corrected chi connectivity index (χ4v) is 1.24. The quantitative estimate of drug-likeness (QED) is 0.787. The largest absolute Gasteiger partial charge is 0.490 e. The highest BCUT2D eigenvalue weighted by Gasteiger charge is 2.11. The van der Waals surface area contributed by atoms with Gasteiger partial charge >= 0.3 is 5.97 Å². The molecule has 2 N–H and O–H groups in total. The lowest BCUT2D eigenvalue weighted by Crippen LogP contribution is -2.25. The molecule has 0 fully saturated rings. The van der Waals surface area contributed by atoms with Crippen LogP contribution in [0.15, 0.2) is 18.2 Å². The molecule has 1 aromatic rings. The molecule has 0 saturated carbocycles. The van der Waals surface area contributed by atoms with Crippen LogP contribution in [0.25, 0.3) is 0 Å². The third-order valence-electron chi connectivity index (χ3n) is 2.13. The molecule has 18 heavy (non-hydrogen) atoms. The zero-order valence-corrected chi connectivity index (χ0v) is 10.2. The van der Waals surface area contributed by atoms with Crippen LogP contribution in [-0.2, 0) is 4.79 Å². The number of hydrogen-bond acceptors (Lipinski definition) is 4. The van der Waals surface area contributed by atoms with Crippen LogP contribution in [0.3, 0.4) is 0 Å².